The summed E-state index contributed by atoms with van der Waals surface area (Å²) < 4.78 is 25.1. The molecule has 0 bridgehead atoms. The number of aliphatic carboxylic acids is 1. The highest BCUT2D eigenvalue weighted by molar-refractivity contribution is 7.92. The number of hydrogen-bond acceptors (Lipinski definition) is 4. The van der Waals surface area contributed by atoms with Crippen LogP contribution in [0.4, 0.5) is 4.79 Å². The first-order valence-corrected chi connectivity index (χ1v) is 10.5. The summed E-state index contributed by atoms with van der Waals surface area (Å²) in [6.07, 6.45) is 2.38. The van der Waals surface area contributed by atoms with Crippen LogP contribution in [0.3, 0.4) is 0 Å². The van der Waals surface area contributed by atoms with E-state index in [4.69, 9.17) is 0 Å². The standard InChI is InChI=1S/C18H28N2O5S/c1-3-8-15(9-4-2)26(24,25)13-16(17(21)22)20-18(23)19-12-14-10-6-5-7-11-14/h5-7,10-11,15-16H,3-4,8-9,12-13H2,1-2H3,(H,21,22)(H2,19,20,23). The largest absolute Gasteiger partial charge is 0.480 e. The summed E-state index contributed by atoms with van der Waals surface area (Å²) in [5.74, 6) is -1.97. The molecule has 1 rings (SSSR count). The number of carbonyl (C=O) groups is 2. The van der Waals surface area contributed by atoms with Gasteiger partial charge >= 0.3 is 12.0 Å². The fourth-order valence-electron chi connectivity index (χ4n) is 2.68. The molecule has 1 unspecified atom stereocenters. The molecule has 0 saturated carbocycles. The van der Waals surface area contributed by atoms with Crippen LogP contribution in [0.1, 0.15) is 45.1 Å². The minimum atomic E-state index is -3.63. The molecule has 0 spiro atoms. The third-order valence-corrected chi connectivity index (χ3v) is 6.31. The molecule has 0 heterocycles. The predicted molar refractivity (Wildman–Crippen MR) is 101 cm³/mol. The molecule has 7 nitrogen and oxygen atoms in total. The average Bonchev–Trinajstić information content (AvgIpc) is 2.60. The van der Waals surface area contributed by atoms with Crippen LogP contribution < -0.4 is 10.6 Å². The maximum atomic E-state index is 12.6. The second kappa shape index (κ2) is 10.8. The molecule has 0 aliphatic heterocycles. The Labute approximate surface area is 155 Å². The Morgan fingerprint density at radius 1 is 1.08 bits per heavy atom. The van der Waals surface area contributed by atoms with Crippen LogP contribution in [0.2, 0.25) is 0 Å². The van der Waals surface area contributed by atoms with Gasteiger partial charge in [-0.1, -0.05) is 57.0 Å². The Morgan fingerprint density at radius 3 is 2.15 bits per heavy atom. The lowest BCUT2D eigenvalue weighted by Gasteiger charge is -2.20. The second-order valence-electron chi connectivity index (χ2n) is 6.23. The molecule has 2 amide bonds. The third-order valence-electron chi connectivity index (χ3n) is 4.03. The number of amides is 2. The van der Waals surface area contributed by atoms with Gasteiger partial charge in [-0.3, -0.25) is 0 Å². The summed E-state index contributed by atoms with van der Waals surface area (Å²) in [6.45, 7) is 4.00. The molecule has 0 saturated heterocycles. The van der Waals surface area contributed by atoms with Crippen LogP contribution in [-0.2, 0) is 21.2 Å². The summed E-state index contributed by atoms with van der Waals surface area (Å²) in [5.41, 5.74) is 0.855. The number of benzene rings is 1. The van der Waals surface area contributed by atoms with E-state index in [1.165, 1.54) is 0 Å². The highest BCUT2D eigenvalue weighted by Gasteiger charge is 2.31. The van der Waals surface area contributed by atoms with Crippen molar-refractivity contribution in [2.75, 3.05) is 5.75 Å². The maximum absolute atomic E-state index is 12.6. The average molecular weight is 384 g/mol. The predicted octanol–water partition coefficient (Wildman–Crippen LogP) is 2.32. The first kappa shape index (κ1) is 22.0. The normalized spacial score (nSPS) is 12.6. The van der Waals surface area contributed by atoms with Gasteiger partial charge in [0.2, 0.25) is 0 Å². The van der Waals surface area contributed by atoms with Gasteiger partial charge in [-0.05, 0) is 18.4 Å². The number of nitrogens with one attached hydrogen (secondary N) is 2. The highest BCUT2D eigenvalue weighted by Crippen LogP contribution is 2.16. The summed E-state index contributed by atoms with van der Waals surface area (Å²) in [5, 5.41) is 13.5. The number of hydrogen-bond donors (Lipinski definition) is 3. The van der Waals surface area contributed by atoms with Crippen molar-refractivity contribution < 1.29 is 23.1 Å². The Hall–Kier alpha value is -2.09. The van der Waals surface area contributed by atoms with Crippen molar-refractivity contribution in [3.8, 4) is 0 Å². The van der Waals surface area contributed by atoms with Crippen molar-refractivity contribution in [2.24, 2.45) is 0 Å². The number of carboxylic acids is 1. The minimum Gasteiger partial charge on any atom is -0.480 e. The fourth-order valence-corrected chi connectivity index (χ4v) is 4.83. The number of carboxylic acid groups (broad SMARTS) is 1. The van der Waals surface area contributed by atoms with Crippen molar-refractivity contribution >= 4 is 21.8 Å². The number of sulfone groups is 1. The quantitative estimate of drug-likeness (QED) is 0.542. The molecule has 26 heavy (non-hydrogen) atoms. The van der Waals surface area contributed by atoms with Gasteiger partial charge in [0, 0.05) is 6.54 Å². The van der Waals surface area contributed by atoms with Crippen molar-refractivity contribution in [1.82, 2.24) is 10.6 Å². The molecule has 0 aliphatic carbocycles. The van der Waals surface area contributed by atoms with Crippen molar-refractivity contribution in [1.29, 1.82) is 0 Å². The molecule has 8 heteroatoms. The van der Waals surface area contributed by atoms with E-state index in [0.717, 1.165) is 5.56 Å². The van der Waals surface area contributed by atoms with Crippen LogP contribution >= 0.6 is 0 Å². The van der Waals surface area contributed by atoms with Gasteiger partial charge in [0.15, 0.2) is 9.84 Å². The van der Waals surface area contributed by atoms with Crippen molar-refractivity contribution in [2.45, 2.75) is 57.4 Å². The van der Waals surface area contributed by atoms with Gasteiger partial charge in [-0.25, -0.2) is 18.0 Å². The van der Waals surface area contributed by atoms with Crippen LogP contribution in [-0.4, -0.2) is 42.6 Å². The zero-order valence-electron chi connectivity index (χ0n) is 15.3. The van der Waals surface area contributed by atoms with Gasteiger partial charge in [-0.2, -0.15) is 0 Å². The molecule has 1 aromatic rings. The van der Waals surface area contributed by atoms with Gasteiger partial charge in [-0.15, -0.1) is 0 Å². The summed E-state index contributed by atoms with van der Waals surface area (Å²) in [6, 6.07) is 6.94. The minimum absolute atomic E-state index is 0.222. The number of carbonyl (C=O) groups excluding carboxylic acids is 1. The summed E-state index contributed by atoms with van der Waals surface area (Å²) in [7, 11) is -3.63. The molecular weight excluding hydrogens is 356 g/mol. The van der Waals surface area contributed by atoms with E-state index in [9.17, 15) is 23.1 Å². The topological polar surface area (TPSA) is 113 Å². The zero-order valence-corrected chi connectivity index (χ0v) is 16.1. The summed E-state index contributed by atoms with van der Waals surface area (Å²) >= 11 is 0. The molecule has 3 N–H and O–H groups in total. The third kappa shape index (κ3) is 7.43. The van der Waals surface area contributed by atoms with E-state index in [-0.39, 0.29) is 6.54 Å². The van der Waals surface area contributed by atoms with Gasteiger partial charge < -0.3 is 15.7 Å². The van der Waals surface area contributed by atoms with Crippen LogP contribution in [0, 0.1) is 0 Å². The maximum Gasteiger partial charge on any atom is 0.327 e. The molecule has 146 valence electrons. The Balaban J connectivity index is 2.69. The van der Waals surface area contributed by atoms with Gasteiger partial charge in [0.1, 0.15) is 6.04 Å². The van der Waals surface area contributed by atoms with Crippen LogP contribution in [0.25, 0.3) is 0 Å². The van der Waals surface area contributed by atoms with Crippen molar-refractivity contribution in [3.05, 3.63) is 35.9 Å². The van der Waals surface area contributed by atoms with Crippen molar-refractivity contribution in [3.63, 3.8) is 0 Å². The SMILES string of the molecule is CCCC(CCC)S(=O)(=O)CC(NC(=O)NCc1ccccc1)C(=O)O. The molecule has 0 fully saturated rings. The molecule has 0 radical (unpaired) electrons. The lowest BCUT2D eigenvalue weighted by molar-refractivity contribution is -0.138. The van der Waals surface area contributed by atoms with Gasteiger partial charge in [0.25, 0.3) is 0 Å². The van der Waals surface area contributed by atoms with E-state index < -0.39 is 38.9 Å². The van der Waals surface area contributed by atoms with E-state index in [1.807, 2.05) is 44.2 Å². The molecule has 1 aromatic carbocycles. The molecular formula is C18H28N2O5S. The smallest absolute Gasteiger partial charge is 0.327 e. The second-order valence-corrected chi connectivity index (χ2v) is 8.56. The van der Waals surface area contributed by atoms with E-state index >= 15 is 0 Å². The first-order valence-electron chi connectivity index (χ1n) is 8.82. The lowest BCUT2D eigenvalue weighted by Crippen LogP contribution is -2.50. The highest BCUT2D eigenvalue weighted by atomic mass is 32.2. The Kier molecular flexibility index (Phi) is 9.12. The zero-order chi connectivity index (χ0) is 19.6. The Morgan fingerprint density at radius 2 is 1.65 bits per heavy atom. The molecule has 0 aliphatic rings. The number of urea groups is 1. The first-order chi connectivity index (χ1) is 12.3. The fraction of sp³-hybridized carbons (Fsp3) is 0.556. The lowest BCUT2D eigenvalue weighted by atomic mass is 10.2. The van der Waals surface area contributed by atoms with E-state index in [2.05, 4.69) is 10.6 Å². The van der Waals surface area contributed by atoms with E-state index in [1.54, 1.807) is 0 Å². The summed E-state index contributed by atoms with van der Waals surface area (Å²) in [4.78, 5) is 23.4. The monoisotopic (exact) mass is 384 g/mol. The van der Waals surface area contributed by atoms with Crippen LogP contribution in [0.15, 0.2) is 30.3 Å². The number of rotatable bonds is 11. The van der Waals surface area contributed by atoms with Gasteiger partial charge in [0.05, 0.1) is 11.0 Å². The van der Waals surface area contributed by atoms with E-state index in [0.29, 0.717) is 25.7 Å². The molecule has 0 aromatic heterocycles. The van der Waals surface area contributed by atoms with Crippen LogP contribution in [0.5, 0.6) is 0 Å². The molecule has 1 atom stereocenters. The Bertz CT molecular complexity index is 670.